The second-order valence-corrected chi connectivity index (χ2v) is 2.48. The molecule has 13 heavy (non-hydrogen) atoms. The molecule has 0 aliphatic carbocycles. The molecule has 0 saturated carbocycles. The summed E-state index contributed by atoms with van der Waals surface area (Å²) in [5, 5.41) is 8.33. The highest BCUT2D eigenvalue weighted by Crippen LogP contribution is 2.26. The average molecular weight is 197 g/mol. The Morgan fingerprint density at radius 2 is 2.23 bits per heavy atom. The topological polar surface area (TPSA) is 53.2 Å². The van der Waals surface area contributed by atoms with Gasteiger partial charge in [0.05, 0.1) is 10.7 Å². The fraction of sp³-hybridized carbons (Fsp3) is 0. The van der Waals surface area contributed by atoms with Crippen molar-refractivity contribution in [3.63, 3.8) is 0 Å². The van der Waals surface area contributed by atoms with Crippen LogP contribution in [0.15, 0.2) is 17.1 Å². The van der Waals surface area contributed by atoms with E-state index in [1.165, 1.54) is 18.2 Å². The van der Waals surface area contributed by atoms with Gasteiger partial charge < -0.3 is 0 Å². The van der Waals surface area contributed by atoms with Gasteiger partial charge in [0.25, 0.3) is 0 Å². The smallest absolute Gasteiger partial charge is 0.211 e. The van der Waals surface area contributed by atoms with E-state index in [1.807, 2.05) is 0 Å². The first-order chi connectivity index (χ1) is 6.20. The molecular weight excluding hydrogens is 195 g/mol. The van der Waals surface area contributed by atoms with Crippen LogP contribution in [0.4, 0.5) is 10.1 Å². The second-order valence-electron chi connectivity index (χ2n) is 2.07. The third-order valence-corrected chi connectivity index (χ3v) is 1.64. The number of nitrogens with zero attached hydrogens (tertiary/aromatic N) is 2. The Morgan fingerprint density at radius 3 is 2.77 bits per heavy atom. The summed E-state index contributed by atoms with van der Waals surface area (Å²) >= 11 is 5.40. The van der Waals surface area contributed by atoms with Crippen molar-refractivity contribution in [1.29, 1.82) is 5.26 Å². The molecule has 1 aromatic rings. The normalized spacial score (nSPS) is 8.69. The van der Waals surface area contributed by atoms with E-state index in [1.54, 1.807) is 6.07 Å². The maximum atomic E-state index is 13.0. The van der Waals surface area contributed by atoms with Crippen molar-refractivity contribution in [2.75, 3.05) is 0 Å². The number of isocyanates is 1. The van der Waals surface area contributed by atoms with Gasteiger partial charge in [0, 0.05) is 0 Å². The summed E-state index contributed by atoms with van der Waals surface area (Å²) in [5.74, 6) is -0.874. The van der Waals surface area contributed by atoms with Gasteiger partial charge in [-0.05, 0) is 12.1 Å². The Morgan fingerprint density at radius 1 is 1.54 bits per heavy atom. The van der Waals surface area contributed by atoms with Crippen LogP contribution in [-0.4, -0.2) is 6.08 Å². The van der Waals surface area contributed by atoms with E-state index < -0.39 is 5.82 Å². The molecular formula is C8H2ClFN2O. The first-order valence-corrected chi connectivity index (χ1v) is 3.54. The molecule has 0 radical (unpaired) electrons. The largest absolute Gasteiger partial charge is 0.240 e. The molecule has 0 aliphatic rings. The zero-order valence-corrected chi connectivity index (χ0v) is 6.97. The Balaban J connectivity index is 3.49. The van der Waals surface area contributed by atoms with Gasteiger partial charge in [-0.15, -0.1) is 0 Å². The fourth-order valence-corrected chi connectivity index (χ4v) is 0.947. The van der Waals surface area contributed by atoms with Gasteiger partial charge in [-0.3, -0.25) is 0 Å². The fourth-order valence-electron chi connectivity index (χ4n) is 0.789. The van der Waals surface area contributed by atoms with E-state index in [0.29, 0.717) is 0 Å². The van der Waals surface area contributed by atoms with Gasteiger partial charge >= 0.3 is 0 Å². The van der Waals surface area contributed by atoms with Crippen LogP contribution in [0.3, 0.4) is 0 Å². The second kappa shape index (κ2) is 3.81. The van der Waals surface area contributed by atoms with Crippen LogP contribution >= 0.6 is 11.6 Å². The van der Waals surface area contributed by atoms with Gasteiger partial charge in [-0.25, -0.2) is 9.18 Å². The van der Waals surface area contributed by atoms with Gasteiger partial charge in [0.2, 0.25) is 6.08 Å². The van der Waals surface area contributed by atoms with Crippen molar-refractivity contribution in [2.45, 2.75) is 0 Å². The first-order valence-electron chi connectivity index (χ1n) is 3.16. The lowest BCUT2D eigenvalue weighted by atomic mass is 10.2. The van der Waals surface area contributed by atoms with Crippen LogP contribution in [0.2, 0.25) is 5.02 Å². The Hall–Kier alpha value is -1.69. The van der Waals surface area contributed by atoms with Crippen molar-refractivity contribution >= 4 is 23.4 Å². The monoisotopic (exact) mass is 196 g/mol. The van der Waals surface area contributed by atoms with Gasteiger partial charge in [0.1, 0.15) is 11.6 Å². The zero-order chi connectivity index (χ0) is 9.84. The maximum absolute atomic E-state index is 13.0. The van der Waals surface area contributed by atoms with Crippen molar-refractivity contribution in [3.05, 3.63) is 28.5 Å². The van der Waals surface area contributed by atoms with Gasteiger partial charge in [-0.2, -0.15) is 10.3 Å². The maximum Gasteiger partial charge on any atom is 0.240 e. The van der Waals surface area contributed by atoms with Gasteiger partial charge in [0.15, 0.2) is 5.82 Å². The highest BCUT2D eigenvalue weighted by atomic mass is 35.5. The highest BCUT2D eigenvalue weighted by molar-refractivity contribution is 6.30. The number of hydrogen-bond donors (Lipinski definition) is 0. The predicted molar refractivity (Wildman–Crippen MR) is 43.9 cm³/mol. The standard InChI is InChI=1S/C8H2ClFN2O/c9-6-1-2-7(12-4-13)5(3-11)8(6)10/h1-2H. The molecule has 0 saturated heterocycles. The zero-order valence-electron chi connectivity index (χ0n) is 6.21. The molecule has 0 fully saturated rings. The number of halogens is 2. The lowest BCUT2D eigenvalue weighted by Gasteiger charge is -1.98. The molecule has 0 amide bonds. The average Bonchev–Trinajstić information content (AvgIpc) is 2.12. The number of carbonyl (C=O) groups excluding carboxylic acids is 1. The van der Waals surface area contributed by atoms with E-state index >= 15 is 0 Å². The van der Waals surface area contributed by atoms with Crippen LogP contribution in [0.5, 0.6) is 0 Å². The molecule has 1 rings (SSSR count). The first kappa shape index (κ1) is 9.40. The van der Waals surface area contributed by atoms with Crippen molar-refractivity contribution in [1.82, 2.24) is 0 Å². The molecule has 0 bridgehead atoms. The van der Waals surface area contributed by atoms with Crippen molar-refractivity contribution in [3.8, 4) is 6.07 Å². The van der Waals surface area contributed by atoms with Crippen LogP contribution < -0.4 is 0 Å². The molecule has 5 heteroatoms. The van der Waals surface area contributed by atoms with E-state index in [-0.39, 0.29) is 16.3 Å². The SMILES string of the molecule is N#Cc1c(N=C=O)ccc(Cl)c1F. The molecule has 0 spiro atoms. The summed E-state index contributed by atoms with van der Waals surface area (Å²) in [6.07, 6.45) is 1.22. The van der Waals surface area contributed by atoms with Crippen LogP contribution in [-0.2, 0) is 4.79 Å². The molecule has 0 N–H and O–H groups in total. The van der Waals surface area contributed by atoms with E-state index in [4.69, 9.17) is 16.9 Å². The number of hydrogen-bond acceptors (Lipinski definition) is 3. The van der Waals surface area contributed by atoms with Crippen molar-refractivity contribution in [2.24, 2.45) is 4.99 Å². The minimum atomic E-state index is -0.874. The van der Waals surface area contributed by atoms with Crippen LogP contribution in [0.1, 0.15) is 5.56 Å². The highest BCUT2D eigenvalue weighted by Gasteiger charge is 2.10. The molecule has 1 aromatic carbocycles. The van der Waals surface area contributed by atoms with E-state index in [9.17, 15) is 9.18 Å². The number of benzene rings is 1. The molecule has 0 heterocycles. The van der Waals surface area contributed by atoms with Crippen LogP contribution in [0, 0.1) is 17.1 Å². The predicted octanol–water partition coefficient (Wildman–Crippen LogP) is 2.32. The quantitative estimate of drug-likeness (QED) is 0.511. The molecule has 0 unspecified atom stereocenters. The summed E-state index contributed by atoms with van der Waals surface area (Å²) in [5.41, 5.74) is -0.421. The molecule has 64 valence electrons. The minimum Gasteiger partial charge on any atom is -0.211 e. The summed E-state index contributed by atoms with van der Waals surface area (Å²) in [6.45, 7) is 0. The Kier molecular flexibility index (Phi) is 2.76. The molecule has 3 nitrogen and oxygen atoms in total. The lowest BCUT2D eigenvalue weighted by Crippen LogP contribution is -1.85. The Labute approximate surface area is 78.1 Å². The number of nitriles is 1. The lowest BCUT2D eigenvalue weighted by molar-refractivity contribution is 0.565. The minimum absolute atomic E-state index is 0.0700. The van der Waals surface area contributed by atoms with E-state index in [2.05, 4.69) is 4.99 Å². The number of aliphatic imine (C=N–C) groups is 1. The third kappa shape index (κ3) is 1.73. The summed E-state index contributed by atoms with van der Waals surface area (Å²) in [6, 6.07) is 4.05. The summed E-state index contributed by atoms with van der Waals surface area (Å²) in [7, 11) is 0. The molecule has 0 aliphatic heterocycles. The Bertz CT molecular complexity index is 433. The summed E-state index contributed by atoms with van der Waals surface area (Å²) < 4.78 is 13.0. The molecule has 0 aromatic heterocycles. The summed E-state index contributed by atoms with van der Waals surface area (Å²) in [4.78, 5) is 13.0. The van der Waals surface area contributed by atoms with Crippen LogP contribution in [0.25, 0.3) is 0 Å². The number of rotatable bonds is 1. The van der Waals surface area contributed by atoms with Gasteiger partial charge in [-0.1, -0.05) is 11.6 Å². The van der Waals surface area contributed by atoms with Crippen molar-refractivity contribution < 1.29 is 9.18 Å². The molecule has 0 atom stereocenters. The third-order valence-electron chi connectivity index (χ3n) is 1.35. The van der Waals surface area contributed by atoms with E-state index in [0.717, 1.165) is 0 Å².